The van der Waals surface area contributed by atoms with Crippen LogP contribution in [-0.2, 0) is 14.8 Å². The summed E-state index contributed by atoms with van der Waals surface area (Å²) in [7, 11) is -4.28. The van der Waals surface area contributed by atoms with Crippen LogP contribution in [0.4, 0.5) is 13.2 Å². The van der Waals surface area contributed by atoms with E-state index in [2.05, 4.69) is 0 Å². The summed E-state index contributed by atoms with van der Waals surface area (Å²) in [6.45, 7) is 1.44. The Bertz CT molecular complexity index is 747. The number of benzene rings is 1. The number of carboxylic acids is 1. The third kappa shape index (κ3) is 6.35. The topological polar surface area (TPSA) is 113 Å². The van der Waals surface area contributed by atoms with Crippen LogP contribution in [0.25, 0.3) is 0 Å². The van der Waals surface area contributed by atoms with E-state index in [0.29, 0.717) is 0 Å². The average molecular weight is 382 g/mol. The molecule has 25 heavy (non-hydrogen) atoms. The Labute approximate surface area is 142 Å². The molecule has 1 amide bonds. The van der Waals surface area contributed by atoms with Crippen LogP contribution in [0.3, 0.4) is 0 Å². The Morgan fingerprint density at radius 2 is 1.84 bits per heavy atom. The summed E-state index contributed by atoms with van der Waals surface area (Å²) in [5.74, 6) is -3.03. The number of alkyl halides is 3. The fourth-order valence-electron chi connectivity index (χ4n) is 1.79. The van der Waals surface area contributed by atoms with Crippen LogP contribution in [0.15, 0.2) is 29.2 Å². The Hall–Kier alpha value is -2.14. The highest BCUT2D eigenvalue weighted by Gasteiger charge is 2.29. The number of amides is 1. The summed E-state index contributed by atoms with van der Waals surface area (Å²) in [5.41, 5.74) is -0.302. The Kier molecular flexibility index (Phi) is 6.54. The third-order valence-electron chi connectivity index (χ3n) is 3.07. The molecule has 0 spiro atoms. The van der Waals surface area contributed by atoms with Gasteiger partial charge in [-0.1, -0.05) is 19.9 Å². The number of nitrogens with one attached hydrogen (secondary N) is 2. The van der Waals surface area contributed by atoms with Crippen molar-refractivity contribution < 1.29 is 36.3 Å². The van der Waals surface area contributed by atoms with Crippen molar-refractivity contribution in [1.82, 2.24) is 10.0 Å². The number of sulfonamides is 1. The molecule has 0 fully saturated rings. The number of halogens is 3. The van der Waals surface area contributed by atoms with Crippen molar-refractivity contribution in [3.8, 4) is 0 Å². The molecular formula is C14H17F3N2O5S. The Balaban J connectivity index is 3.03. The first-order valence-electron chi connectivity index (χ1n) is 7.03. The molecule has 1 aromatic carbocycles. The number of hydrogen-bond acceptors (Lipinski definition) is 4. The van der Waals surface area contributed by atoms with E-state index in [9.17, 15) is 31.2 Å². The maximum absolute atomic E-state index is 12.3. The van der Waals surface area contributed by atoms with Crippen molar-refractivity contribution in [3.63, 3.8) is 0 Å². The summed E-state index contributed by atoms with van der Waals surface area (Å²) < 4.78 is 62.9. The lowest BCUT2D eigenvalue weighted by atomic mass is 10.1. The molecule has 3 N–H and O–H groups in total. The van der Waals surface area contributed by atoms with E-state index in [4.69, 9.17) is 5.11 Å². The predicted octanol–water partition coefficient (Wildman–Crippen LogP) is 1.37. The molecule has 1 rings (SSSR count). The van der Waals surface area contributed by atoms with Gasteiger partial charge in [-0.3, -0.25) is 9.59 Å². The Morgan fingerprint density at radius 1 is 1.24 bits per heavy atom. The van der Waals surface area contributed by atoms with Crippen LogP contribution in [0.1, 0.15) is 24.2 Å². The van der Waals surface area contributed by atoms with Gasteiger partial charge in [0.05, 0.1) is 4.90 Å². The van der Waals surface area contributed by atoms with E-state index in [0.717, 1.165) is 18.2 Å². The highest BCUT2D eigenvalue weighted by Crippen LogP contribution is 2.16. The lowest BCUT2D eigenvalue weighted by Gasteiger charge is -2.18. The number of carbonyl (C=O) groups is 2. The van der Waals surface area contributed by atoms with E-state index < -0.39 is 51.5 Å². The minimum atomic E-state index is -4.60. The van der Waals surface area contributed by atoms with Crippen molar-refractivity contribution in [1.29, 1.82) is 0 Å². The molecular weight excluding hydrogens is 365 g/mol. The zero-order chi connectivity index (χ0) is 19.4. The van der Waals surface area contributed by atoms with Crippen molar-refractivity contribution in [2.24, 2.45) is 5.92 Å². The van der Waals surface area contributed by atoms with Crippen LogP contribution < -0.4 is 10.0 Å². The molecule has 0 heterocycles. The molecule has 140 valence electrons. The van der Waals surface area contributed by atoms with E-state index >= 15 is 0 Å². The first-order chi connectivity index (χ1) is 11.3. The van der Waals surface area contributed by atoms with Crippen molar-refractivity contribution in [3.05, 3.63) is 29.8 Å². The van der Waals surface area contributed by atoms with Crippen molar-refractivity contribution in [2.75, 3.05) is 6.54 Å². The number of hydrogen-bond donors (Lipinski definition) is 3. The van der Waals surface area contributed by atoms with Gasteiger partial charge in [-0.25, -0.2) is 8.42 Å². The average Bonchev–Trinajstić information content (AvgIpc) is 2.49. The number of rotatable bonds is 7. The van der Waals surface area contributed by atoms with Gasteiger partial charge in [-0.2, -0.15) is 17.9 Å². The fourth-order valence-corrected chi connectivity index (χ4v) is 3.18. The van der Waals surface area contributed by atoms with Gasteiger partial charge in [0.1, 0.15) is 12.6 Å². The molecule has 0 aliphatic carbocycles. The number of aliphatic carboxylic acids is 1. The number of carbonyl (C=O) groups excluding carboxylic acids is 1. The summed E-state index contributed by atoms with van der Waals surface area (Å²) in [6.07, 6.45) is -4.60. The summed E-state index contributed by atoms with van der Waals surface area (Å²) in [6, 6.07) is 2.88. The molecule has 1 aromatic rings. The second-order valence-electron chi connectivity index (χ2n) is 5.51. The SMILES string of the molecule is CC(C)C(NS(=O)(=O)c1cccc(C(=O)NCC(F)(F)F)c1)C(=O)O. The maximum Gasteiger partial charge on any atom is 0.405 e. The maximum atomic E-state index is 12.3. The van der Waals surface area contributed by atoms with Crippen LogP contribution in [-0.4, -0.2) is 44.2 Å². The molecule has 11 heteroatoms. The lowest BCUT2D eigenvalue weighted by molar-refractivity contribution is -0.140. The zero-order valence-corrected chi connectivity index (χ0v) is 14.1. The highest BCUT2D eigenvalue weighted by atomic mass is 32.2. The minimum absolute atomic E-state index is 0.302. The van der Waals surface area contributed by atoms with Crippen molar-refractivity contribution in [2.45, 2.75) is 31.0 Å². The van der Waals surface area contributed by atoms with Gasteiger partial charge in [-0.15, -0.1) is 0 Å². The highest BCUT2D eigenvalue weighted by molar-refractivity contribution is 7.89. The predicted molar refractivity (Wildman–Crippen MR) is 81.4 cm³/mol. The van der Waals surface area contributed by atoms with Gasteiger partial charge in [0.2, 0.25) is 10.0 Å². The minimum Gasteiger partial charge on any atom is -0.480 e. The van der Waals surface area contributed by atoms with E-state index in [1.54, 1.807) is 5.32 Å². The molecule has 0 saturated heterocycles. The molecule has 0 aliphatic rings. The number of carboxylic acid groups (broad SMARTS) is 1. The molecule has 7 nitrogen and oxygen atoms in total. The standard InChI is InChI=1S/C14H17F3N2O5S/c1-8(2)11(13(21)22)19-25(23,24)10-5-3-4-9(6-10)12(20)18-7-14(15,16)17/h3-6,8,11,19H,7H2,1-2H3,(H,18,20)(H,21,22). The summed E-state index contributed by atoms with van der Waals surface area (Å²) in [4.78, 5) is 22.4. The second kappa shape index (κ2) is 7.83. The van der Waals surface area contributed by atoms with Crippen molar-refractivity contribution >= 4 is 21.9 Å². The van der Waals surface area contributed by atoms with E-state index in [-0.39, 0.29) is 5.56 Å². The molecule has 1 atom stereocenters. The molecule has 0 radical (unpaired) electrons. The van der Waals surface area contributed by atoms with Crippen LogP contribution in [0, 0.1) is 5.92 Å². The van der Waals surface area contributed by atoms with Crippen LogP contribution in [0.2, 0.25) is 0 Å². The largest absolute Gasteiger partial charge is 0.480 e. The normalized spacial score (nSPS) is 13.5. The summed E-state index contributed by atoms with van der Waals surface area (Å²) in [5, 5.41) is 10.7. The first-order valence-corrected chi connectivity index (χ1v) is 8.52. The Morgan fingerprint density at radius 3 is 2.32 bits per heavy atom. The third-order valence-corrected chi connectivity index (χ3v) is 4.51. The quantitative estimate of drug-likeness (QED) is 0.659. The second-order valence-corrected chi connectivity index (χ2v) is 7.22. The first kappa shape index (κ1) is 20.9. The molecule has 1 unspecified atom stereocenters. The molecule has 0 bridgehead atoms. The summed E-state index contributed by atoms with van der Waals surface area (Å²) >= 11 is 0. The van der Waals surface area contributed by atoms with E-state index in [1.807, 2.05) is 4.72 Å². The monoisotopic (exact) mass is 382 g/mol. The molecule has 0 aromatic heterocycles. The van der Waals surface area contributed by atoms with Crippen LogP contribution in [0.5, 0.6) is 0 Å². The lowest BCUT2D eigenvalue weighted by Crippen LogP contribution is -2.44. The van der Waals surface area contributed by atoms with Gasteiger partial charge in [0.25, 0.3) is 5.91 Å². The van der Waals surface area contributed by atoms with Gasteiger partial charge in [0.15, 0.2) is 0 Å². The van der Waals surface area contributed by atoms with E-state index in [1.165, 1.54) is 19.9 Å². The van der Waals surface area contributed by atoms with Gasteiger partial charge < -0.3 is 10.4 Å². The smallest absolute Gasteiger partial charge is 0.405 e. The van der Waals surface area contributed by atoms with Crippen LogP contribution >= 0.6 is 0 Å². The fraction of sp³-hybridized carbons (Fsp3) is 0.429. The van der Waals surface area contributed by atoms with Gasteiger partial charge >= 0.3 is 12.1 Å². The molecule has 0 saturated carbocycles. The van der Waals surface area contributed by atoms with Gasteiger partial charge in [-0.05, 0) is 24.1 Å². The zero-order valence-electron chi connectivity index (χ0n) is 13.3. The van der Waals surface area contributed by atoms with Gasteiger partial charge in [0, 0.05) is 5.56 Å². The molecule has 0 aliphatic heterocycles.